The van der Waals surface area contributed by atoms with Crippen molar-refractivity contribution in [2.45, 2.75) is 19.6 Å². The van der Waals surface area contributed by atoms with Crippen LogP contribution >= 0.6 is 11.6 Å². The molecule has 2 aromatic rings. The lowest BCUT2D eigenvalue weighted by atomic mass is 10.2. The van der Waals surface area contributed by atoms with Crippen LogP contribution in [-0.4, -0.2) is 28.9 Å². The standard InChI is InChI=1S/C17H17ClN2O4/c1-12(17(21)19(2)11-13-6-4-3-5-7-13)24-16-9-8-14(20(22)23)10-15(16)18/h3-10,12H,11H2,1-2H3/t12-/m0/s1. The van der Waals surface area contributed by atoms with Gasteiger partial charge in [0.1, 0.15) is 5.75 Å². The molecule has 126 valence electrons. The average Bonchev–Trinajstić information content (AvgIpc) is 2.56. The van der Waals surface area contributed by atoms with Crippen LogP contribution in [0.4, 0.5) is 5.69 Å². The number of non-ortho nitro benzene ring substituents is 1. The summed E-state index contributed by atoms with van der Waals surface area (Å²) in [6.45, 7) is 2.07. The SMILES string of the molecule is C[C@H](Oc1ccc([N+](=O)[O-])cc1Cl)C(=O)N(C)Cc1ccccc1. The Morgan fingerprint density at radius 3 is 2.54 bits per heavy atom. The van der Waals surface area contributed by atoms with E-state index in [1.807, 2.05) is 30.3 Å². The summed E-state index contributed by atoms with van der Waals surface area (Å²) in [5.41, 5.74) is 0.876. The predicted molar refractivity (Wildman–Crippen MR) is 91.1 cm³/mol. The molecule has 0 N–H and O–H groups in total. The number of likely N-dealkylation sites (N-methyl/N-ethyl adjacent to an activating group) is 1. The lowest BCUT2D eigenvalue weighted by molar-refractivity contribution is -0.384. The van der Waals surface area contributed by atoms with Gasteiger partial charge in [-0.15, -0.1) is 0 Å². The number of rotatable bonds is 6. The number of nitrogens with zero attached hydrogens (tertiary/aromatic N) is 2. The van der Waals surface area contributed by atoms with Gasteiger partial charge in [-0.1, -0.05) is 41.9 Å². The number of hydrogen-bond acceptors (Lipinski definition) is 4. The Bertz CT molecular complexity index is 737. The largest absolute Gasteiger partial charge is 0.479 e. The maximum absolute atomic E-state index is 12.4. The van der Waals surface area contributed by atoms with Crippen LogP contribution in [0.1, 0.15) is 12.5 Å². The molecule has 0 fully saturated rings. The van der Waals surface area contributed by atoms with Crippen molar-refractivity contribution in [2.75, 3.05) is 7.05 Å². The molecule has 0 unspecified atom stereocenters. The first-order valence-electron chi connectivity index (χ1n) is 7.28. The Morgan fingerprint density at radius 2 is 1.96 bits per heavy atom. The van der Waals surface area contributed by atoms with Gasteiger partial charge in [-0.3, -0.25) is 14.9 Å². The first-order valence-corrected chi connectivity index (χ1v) is 7.65. The predicted octanol–water partition coefficient (Wildman–Crippen LogP) is 3.67. The molecule has 0 aliphatic rings. The minimum atomic E-state index is -0.766. The number of ether oxygens (including phenoxy) is 1. The molecule has 0 saturated heterocycles. The van der Waals surface area contributed by atoms with E-state index < -0.39 is 11.0 Å². The van der Waals surface area contributed by atoms with Gasteiger partial charge in [0.25, 0.3) is 11.6 Å². The van der Waals surface area contributed by atoms with Crippen molar-refractivity contribution in [3.63, 3.8) is 0 Å². The molecule has 2 rings (SSSR count). The highest BCUT2D eigenvalue weighted by atomic mass is 35.5. The Morgan fingerprint density at radius 1 is 1.29 bits per heavy atom. The number of hydrogen-bond donors (Lipinski definition) is 0. The molecular formula is C17H17ClN2O4. The number of amides is 1. The Hall–Kier alpha value is -2.60. The topological polar surface area (TPSA) is 72.7 Å². The highest BCUT2D eigenvalue weighted by Gasteiger charge is 2.21. The second kappa shape index (κ2) is 7.79. The summed E-state index contributed by atoms with van der Waals surface area (Å²) >= 11 is 5.98. The number of benzene rings is 2. The highest BCUT2D eigenvalue weighted by Crippen LogP contribution is 2.29. The second-order valence-electron chi connectivity index (χ2n) is 5.31. The number of halogens is 1. The van der Waals surface area contributed by atoms with E-state index in [2.05, 4.69) is 0 Å². The van der Waals surface area contributed by atoms with Gasteiger partial charge in [0, 0.05) is 25.7 Å². The molecular weight excluding hydrogens is 332 g/mol. The molecule has 0 radical (unpaired) electrons. The molecule has 6 nitrogen and oxygen atoms in total. The van der Waals surface area contributed by atoms with Crippen molar-refractivity contribution >= 4 is 23.2 Å². The summed E-state index contributed by atoms with van der Waals surface area (Å²) < 4.78 is 5.55. The Labute approximate surface area is 144 Å². The summed E-state index contributed by atoms with van der Waals surface area (Å²) in [5, 5.41) is 10.8. The van der Waals surface area contributed by atoms with Crippen LogP contribution in [-0.2, 0) is 11.3 Å². The first kappa shape index (κ1) is 17.7. The average molecular weight is 349 g/mol. The van der Waals surface area contributed by atoms with Gasteiger partial charge in [0.2, 0.25) is 0 Å². The monoisotopic (exact) mass is 348 g/mol. The van der Waals surface area contributed by atoms with Gasteiger partial charge in [0.05, 0.1) is 9.95 Å². The van der Waals surface area contributed by atoms with Crippen LogP contribution < -0.4 is 4.74 Å². The quantitative estimate of drug-likeness (QED) is 0.589. The molecule has 0 heterocycles. The minimum absolute atomic E-state index is 0.0922. The van der Waals surface area contributed by atoms with Gasteiger partial charge in [-0.05, 0) is 18.6 Å². The molecule has 0 saturated carbocycles. The van der Waals surface area contributed by atoms with E-state index in [0.29, 0.717) is 6.54 Å². The third-order valence-corrected chi connectivity index (χ3v) is 3.71. The van der Waals surface area contributed by atoms with Crippen LogP contribution in [0.5, 0.6) is 5.75 Å². The lowest BCUT2D eigenvalue weighted by Crippen LogP contribution is -2.37. The molecule has 24 heavy (non-hydrogen) atoms. The zero-order chi connectivity index (χ0) is 17.7. The van der Waals surface area contributed by atoms with E-state index in [-0.39, 0.29) is 22.4 Å². The molecule has 0 spiro atoms. The van der Waals surface area contributed by atoms with Crippen molar-refractivity contribution in [1.29, 1.82) is 0 Å². The van der Waals surface area contributed by atoms with E-state index in [1.54, 1.807) is 18.9 Å². The third-order valence-electron chi connectivity index (χ3n) is 3.42. The van der Waals surface area contributed by atoms with Crippen LogP contribution in [0.15, 0.2) is 48.5 Å². The third kappa shape index (κ3) is 4.45. The van der Waals surface area contributed by atoms with E-state index >= 15 is 0 Å². The highest BCUT2D eigenvalue weighted by molar-refractivity contribution is 6.32. The smallest absolute Gasteiger partial charge is 0.271 e. The van der Waals surface area contributed by atoms with E-state index in [4.69, 9.17) is 16.3 Å². The van der Waals surface area contributed by atoms with Gasteiger partial charge >= 0.3 is 0 Å². The van der Waals surface area contributed by atoms with E-state index in [1.165, 1.54) is 18.2 Å². The summed E-state index contributed by atoms with van der Waals surface area (Å²) in [5.74, 6) is 0.0181. The molecule has 1 amide bonds. The number of carbonyl (C=O) groups excluding carboxylic acids is 1. The fraction of sp³-hybridized carbons (Fsp3) is 0.235. The van der Waals surface area contributed by atoms with E-state index in [0.717, 1.165) is 5.56 Å². The number of nitro benzene ring substituents is 1. The van der Waals surface area contributed by atoms with Gasteiger partial charge < -0.3 is 9.64 Å². The normalized spacial score (nSPS) is 11.6. The van der Waals surface area contributed by atoms with Crippen LogP contribution in [0.3, 0.4) is 0 Å². The fourth-order valence-corrected chi connectivity index (χ4v) is 2.40. The van der Waals surface area contributed by atoms with Crippen molar-refractivity contribution in [1.82, 2.24) is 4.90 Å². The van der Waals surface area contributed by atoms with E-state index in [9.17, 15) is 14.9 Å². The molecule has 0 aromatic heterocycles. The molecule has 7 heteroatoms. The summed E-state index contributed by atoms with van der Waals surface area (Å²) in [6, 6.07) is 13.5. The summed E-state index contributed by atoms with van der Waals surface area (Å²) in [4.78, 5) is 24.1. The van der Waals surface area contributed by atoms with Gasteiger partial charge in [0.15, 0.2) is 6.10 Å². The summed E-state index contributed by atoms with van der Waals surface area (Å²) in [7, 11) is 1.69. The maximum Gasteiger partial charge on any atom is 0.271 e. The molecule has 0 bridgehead atoms. The minimum Gasteiger partial charge on any atom is -0.479 e. The molecule has 0 aliphatic heterocycles. The lowest BCUT2D eigenvalue weighted by Gasteiger charge is -2.22. The zero-order valence-electron chi connectivity index (χ0n) is 13.3. The van der Waals surface area contributed by atoms with Crippen molar-refractivity contribution in [3.8, 4) is 5.75 Å². The van der Waals surface area contributed by atoms with Gasteiger partial charge in [-0.25, -0.2) is 0 Å². The first-order chi connectivity index (χ1) is 11.4. The molecule has 2 aromatic carbocycles. The Kier molecular flexibility index (Phi) is 5.76. The Balaban J connectivity index is 2.02. The number of nitro groups is 1. The summed E-state index contributed by atoms with van der Waals surface area (Å²) in [6.07, 6.45) is -0.766. The van der Waals surface area contributed by atoms with Crippen molar-refractivity contribution in [3.05, 3.63) is 69.2 Å². The van der Waals surface area contributed by atoms with Crippen LogP contribution in [0, 0.1) is 10.1 Å². The number of carbonyl (C=O) groups is 1. The maximum atomic E-state index is 12.4. The molecule has 0 aliphatic carbocycles. The van der Waals surface area contributed by atoms with Crippen molar-refractivity contribution in [2.24, 2.45) is 0 Å². The van der Waals surface area contributed by atoms with Crippen LogP contribution in [0.2, 0.25) is 5.02 Å². The van der Waals surface area contributed by atoms with Crippen molar-refractivity contribution < 1.29 is 14.5 Å². The van der Waals surface area contributed by atoms with Crippen LogP contribution in [0.25, 0.3) is 0 Å². The fourth-order valence-electron chi connectivity index (χ4n) is 2.19. The van der Waals surface area contributed by atoms with Gasteiger partial charge in [-0.2, -0.15) is 0 Å². The second-order valence-corrected chi connectivity index (χ2v) is 5.72. The zero-order valence-corrected chi connectivity index (χ0v) is 14.1. The molecule has 1 atom stereocenters.